The second-order valence-corrected chi connectivity index (χ2v) is 9.20. The zero-order chi connectivity index (χ0) is 22.3. The number of carbonyl (C=O) groups excluding carboxylic acids is 1. The molecule has 7 nitrogen and oxygen atoms in total. The van der Waals surface area contributed by atoms with Crippen LogP contribution >= 0.6 is 0 Å². The molecule has 3 rings (SSSR count). The molecule has 174 valence electrons. The summed E-state index contributed by atoms with van der Waals surface area (Å²) in [6.07, 6.45) is 4.27. The van der Waals surface area contributed by atoms with Crippen LogP contribution in [0.5, 0.6) is 11.5 Å². The Morgan fingerprint density at radius 3 is 2.68 bits per heavy atom. The van der Waals surface area contributed by atoms with Crippen LogP contribution < -0.4 is 14.8 Å². The number of hydrogen-bond acceptors (Lipinski definition) is 6. The Hall–Kier alpha value is -1.83. The molecule has 1 N–H and O–H groups in total. The van der Waals surface area contributed by atoms with Crippen LogP contribution in [-0.2, 0) is 9.47 Å². The third kappa shape index (κ3) is 7.09. The zero-order valence-electron chi connectivity index (χ0n) is 19.4. The Morgan fingerprint density at radius 2 is 2.00 bits per heavy atom. The van der Waals surface area contributed by atoms with E-state index in [1.165, 1.54) is 0 Å². The number of nitrogens with zero attached hydrogens (tertiary/aromatic N) is 1. The topological polar surface area (TPSA) is 69.3 Å². The first kappa shape index (κ1) is 23.8. The van der Waals surface area contributed by atoms with Gasteiger partial charge in [-0.15, -0.1) is 0 Å². The maximum Gasteiger partial charge on any atom is 0.255 e. The minimum absolute atomic E-state index is 0.00303. The van der Waals surface area contributed by atoms with Gasteiger partial charge in [-0.3, -0.25) is 4.79 Å². The number of piperidine rings is 1. The Morgan fingerprint density at radius 1 is 1.23 bits per heavy atom. The van der Waals surface area contributed by atoms with E-state index in [1.54, 1.807) is 26.4 Å². The van der Waals surface area contributed by atoms with Crippen molar-refractivity contribution in [2.24, 2.45) is 5.92 Å². The molecule has 2 fully saturated rings. The summed E-state index contributed by atoms with van der Waals surface area (Å²) in [7, 11) is 3.23. The third-order valence-electron chi connectivity index (χ3n) is 6.17. The number of methoxy groups -OCH3 is 2. The molecule has 0 unspecified atom stereocenters. The van der Waals surface area contributed by atoms with Gasteiger partial charge in [0.2, 0.25) is 0 Å². The quantitative estimate of drug-likeness (QED) is 0.603. The number of hydrogen-bond donors (Lipinski definition) is 1. The maximum atomic E-state index is 12.6. The molecule has 1 atom stereocenters. The molecule has 0 bridgehead atoms. The number of ether oxygens (including phenoxy) is 4. The largest absolute Gasteiger partial charge is 0.497 e. The first-order chi connectivity index (χ1) is 14.9. The molecule has 0 aliphatic carbocycles. The van der Waals surface area contributed by atoms with Crippen molar-refractivity contribution in [1.82, 2.24) is 10.2 Å². The van der Waals surface area contributed by atoms with Crippen LogP contribution in [0, 0.1) is 5.92 Å². The van der Waals surface area contributed by atoms with Crippen molar-refractivity contribution in [3.05, 3.63) is 23.8 Å². The molecule has 1 aromatic rings. The highest BCUT2D eigenvalue weighted by molar-refractivity contribution is 5.97. The Balaban J connectivity index is 1.55. The lowest BCUT2D eigenvalue weighted by Crippen LogP contribution is -2.44. The summed E-state index contributed by atoms with van der Waals surface area (Å²) in [5, 5.41) is 2.87. The molecule has 31 heavy (non-hydrogen) atoms. The standard InChI is InChI=1S/C24H38N2O5/c1-24(2)16-18(9-13-30-24)17-26-11-7-19(8-12-26)31-22-15-20(29-4)5-6-21(22)23(27)25-10-14-28-3/h5-6,15,18-19H,7-14,16-17H2,1-4H3,(H,25,27)/t18-/m0/s1. The fourth-order valence-electron chi connectivity index (χ4n) is 4.54. The van der Waals surface area contributed by atoms with Crippen LogP contribution in [0.3, 0.4) is 0 Å². The predicted octanol–water partition coefficient (Wildman–Crippen LogP) is 3.12. The van der Waals surface area contributed by atoms with Crippen LogP contribution in [-0.4, -0.2) is 76.1 Å². The SMILES string of the molecule is COCCNC(=O)c1ccc(OC)cc1OC1CCN(C[C@H]2CCOC(C)(C)C2)CC1. The number of carbonyl (C=O) groups is 1. The lowest BCUT2D eigenvalue weighted by Gasteiger charge is -2.39. The van der Waals surface area contributed by atoms with Crippen LogP contribution in [0.15, 0.2) is 18.2 Å². The van der Waals surface area contributed by atoms with Gasteiger partial charge in [0.1, 0.15) is 17.6 Å². The van der Waals surface area contributed by atoms with Gasteiger partial charge in [-0.1, -0.05) is 0 Å². The van der Waals surface area contributed by atoms with Crippen molar-refractivity contribution in [3.63, 3.8) is 0 Å². The Labute approximate surface area is 186 Å². The summed E-state index contributed by atoms with van der Waals surface area (Å²) in [6, 6.07) is 5.36. The Bertz CT molecular complexity index is 716. The third-order valence-corrected chi connectivity index (χ3v) is 6.17. The minimum Gasteiger partial charge on any atom is -0.497 e. The lowest BCUT2D eigenvalue weighted by molar-refractivity contribution is -0.0782. The first-order valence-corrected chi connectivity index (χ1v) is 11.4. The lowest BCUT2D eigenvalue weighted by atomic mass is 9.87. The molecule has 7 heteroatoms. The molecular formula is C24H38N2O5. The van der Waals surface area contributed by atoms with E-state index in [-0.39, 0.29) is 17.6 Å². The maximum absolute atomic E-state index is 12.6. The second kappa shape index (κ2) is 11.2. The van der Waals surface area contributed by atoms with Gasteiger partial charge >= 0.3 is 0 Å². The van der Waals surface area contributed by atoms with Gasteiger partial charge in [0.05, 0.1) is 24.9 Å². The fraction of sp³-hybridized carbons (Fsp3) is 0.708. The smallest absolute Gasteiger partial charge is 0.255 e. The van der Waals surface area contributed by atoms with E-state index < -0.39 is 0 Å². The minimum atomic E-state index is -0.158. The van der Waals surface area contributed by atoms with E-state index in [9.17, 15) is 4.79 Å². The van der Waals surface area contributed by atoms with Gasteiger partial charge in [-0.25, -0.2) is 0 Å². The van der Waals surface area contributed by atoms with Crippen molar-refractivity contribution in [2.75, 3.05) is 53.6 Å². The molecule has 0 spiro atoms. The van der Waals surface area contributed by atoms with Crippen LogP contribution in [0.1, 0.15) is 49.9 Å². The van der Waals surface area contributed by atoms with Crippen LogP contribution in [0.25, 0.3) is 0 Å². The van der Waals surface area contributed by atoms with Gasteiger partial charge in [-0.2, -0.15) is 0 Å². The van der Waals surface area contributed by atoms with Gasteiger partial charge in [0.25, 0.3) is 5.91 Å². The van der Waals surface area contributed by atoms with Crippen LogP contribution in [0.2, 0.25) is 0 Å². The number of likely N-dealkylation sites (tertiary alicyclic amines) is 1. The molecular weight excluding hydrogens is 396 g/mol. The average Bonchev–Trinajstić information content (AvgIpc) is 2.74. The highest BCUT2D eigenvalue weighted by atomic mass is 16.5. The number of nitrogens with one attached hydrogen (secondary N) is 1. The van der Waals surface area contributed by atoms with Gasteiger partial charge in [0.15, 0.2) is 0 Å². The fourth-order valence-corrected chi connectivity index (χ4v) is 4.54. The van der Waals surface area contributed by atoms with E-state index in [4.69, 9.17) is 18.9 Å². The van der Waals surface area contributed by atoms with E-state index in [1.807, 2.05) is 6.07 Å². The summed E-state index contributed by atoms with van der Waals surface area (Å²) >= 11 is 0. The normalized spacial score (nSPS) is 22.1. The molecule has 0 radical (unpaired) electrons. The number of benzene rings is 1. The summed E-state index contributed by atoms with van der Waals surface area (Å²) in [5.74, 6) is 1.80. The number of amides is 1. The second-order valence-electron chi connectivity index (χ2n) is 9.20. The monoisotopic (exact) mass is 434 g/mol. The highest BCUT2D eigenvalue weighted by Crippen LogP contribution is 2.31. The molecule has 0 saturated carbocycles. The van der Waals surface area contributed by atoms with Crippen molar-refractivity contribution >= 4 is 5.91 Å². The zero-order valence-corrected chi connectivity index (χ0v) is 19.4. The summed E-state index contributed by atoms with van der Waals surface area (Å²) in [6.45, 7) is 9.34. The van der Waals surface area contributed by atoms with Crippen molar-refractivity contribution in [1.29, 1.82) is 0 Å². The van der Waals surface area contributed by atoms with Crippen molar-refractivity contribution in [3.8, 4) is 11.5 Å². The van der Waals surface area contributed by atoms with Crippen molar-refractivity contribution in [2.45, 2.75) is 51.2 Å². The van der Waals surface area contributed by atoms with Gasteiger partial charge in [0, 0.05) is 46.0 Å². The Kier molecular flexibility index (Phi) is 8.58. The summed E-state index contributed by atoms with van der Waals surface area (Å²) < 4.78 is 22.5. The highest BCUT2D eigenvalue weighted by Gasteiger charge is 2.31. The van der Waals surface area contributed by atoms with Gasteiger partial charge < -0.3 is 29.2 Å². The first-order valence-electron chi connectivity index (χ1n) is 11.4. The predicted molar refractivity (Wildman–Crippen MR) is 120 cm³/mol. The van der Waals surface area contributed by atoms with E-state index in [0.717, 1.165) is 51.9 Å². The molecule has 2 heterocycles. The van der Waals surface area contributed by atoms with E-state index >= 15 is 0 Å². The molecule has 1 aromatic carbocycles. The van der Waals surface area contributed by atoms with Crippen LogP contribution in [0.4, 0.5) is 0 Å². The van der Waals surface area contributed by atoms with E-state index in [0.29, 0.717) is 36.1 Å². The molecule has 2 aliphatic rings. The number of rotatable bonds is 9. The van der Waals surface area contributed by atoms with Gasteiger partial charge in [-0.05, 0) is 57.6 Å². The molecule has 0 aromatic heterocycles. The molecule has 1 amide bonds. The van der Waals surface area contributed by atoms with E-state index in [2.05, 4.69) is 24.1 Å². The molecule has 2 aliphatic heterocycles. The summed E-state index contributed by atoms with van der Waals surface area (Å²) in [4.78, 5) is 15.2. The van der Waals surface area contributed by atoms with Crippen molar-refractivity contribution < 1.29 is 23.7 Å². The molecule has 2 saturated heterocycles. The summed E-state index contributed by atoms with van der Waals surface area (Å²) in [5.41, 5.74) is 0.528. The average molecular weight is 435 g/mol.